The first kappa shape index (κ1) is 15.8. The zero-order chi connectivity index (χ0) is 14.4. The van der Waals surface area contributed by atoms with Crippen molar-refractivity contribution in [1.29, 1.82) is 0 Å². The number of ether oxygens (including phenoxy) is 1. The third kappa shape index (κ3) is 4.39. The molecular formula is C15H24O4. The molecule has 0 bridgehead atoms. The van der Waals surface area contributed by atoms with Crippen molar-refractivity contribution < 1.29 is 14.3 Å². The highest BCUT2D eigenvalue weighted by molar-refractivity contribution is 5.29. The summed E-state index contributed by atoms with van der Waals surface area (Å²) in [6.07, 6.45) is 4.27. The van der Waals surface area contributed by atoms with Crippen molar-refractivity contribution in [3.05, 3.63) is 27.1 Å². The van der Waals surface area contributed by atoms with Crippen molar-refractivity contribution >= 4 is 0 Å². The van der Waals surface area contributed by atoms with E-state index in [4.69, 9.17) is 9.15 Å². The predicted molar refractivity (Wildman–Crippen MR) is 74.9 cm³/mol. The molecule has 0 aliphatic carbocycles. The van der Waals surface area contributed by atoms with E-state index >= 15 is 0 Å². The molecule has 0 fully saturated rings. The topological polar surface area (TPSA) is 59.7 Å². The van der Waals surface area contributed by atoms with E-state index in [1.54, 1.807) is 20.8 Å². The van der Waals surface area contributed by atoms with Gasteiger partial charge in [-0.25, -0.2) is 0 Å². The Morgan fingerprint density at radius 3 is 2.47 bits per heavy atom. The van der Waals surface area contributed by atoms with Gasteiger partial charge in [0.25, 0.3) is 5.95 Å². The van der Waals surface area contributed by atoms with Gasteiger partial charge in [0.15, 0.2) is 5.43 Å². The summed E-state index contributed by atoms with van der Waals surface area (Å²) in [5.41, 5.74) is 1.20. The Morgan fingerprint density at radius 1 is 1.21 bits per heavy atom. The van der Waals surface area contributed by atoms with Crippen LogP contribution in [0, 0.1) is 13.8 Å². The highest BCUT2D eigenvalue weighted by Crippen LogP contribution is 2.20. The number of aliphatic hydroxyl groups excluding tert-OH is 1. The van der Waals surface area contributed by atoms with Crippen molar-refractivity contribution in [2.75, 3.05) is 7.11 Å². The Kier molecular flexibility index (Phi) is 6.09. The molecule has 0 saturated carbocycles. The quantitative estimate of drug-likeness (QED) is 0.772. The Balaban J connectivity index is 2.64. The van der Waals surface area contributed by atoms with Gasteiger partial charge in [0.2, 0.25) is 0 Å². The molecule has 0 aliphatic rings. The standard InChI is InChI=1S/C15H24O4/c1-10(16)8-6-5-7-9-13-11(2)14(17)12(3)15(18-4)19-13/h10,16H,5-9H2,1-4H3. The van der Waals surface area contributed by atoms with Gasteiger partial charge >= 0.3 is 0 Å². The lowest BCUT2D eigenvalue weighted by atomic mass is 10.1. The first-order valence-electron chi connectivity index (χ1n) is 6.82. The van der Waals surface area contributed by atoms with Crippen LogP contribution in [0.25, 0.3) is 0 Å². The van der Waals surface area contributed by atoms with E-state index in [2.05, 4.69) is 0 Å². The van der Waals surface area contributed by atoms with Crippen molar-refractivity contribution in [2.45, 2.75) is 59.0 Å². The van der Waals surface area contributed by atoms with Gasteiger partial charge in [-0.15, -0.1) is 0 Å². The lowest BCUT2D eigenvalue weighted by Crippen LogP contribution is -2.13. The maximum Gasteiger partial charge on any atom is 0.291 e. The zero-order valence-corrected chi connectivity index (χ0v) is 12.3. The summed E-state index contributed by atoms with van der Waals surface area (Å²) in [6.45, 7) is 5.31. The van der Waals surface area contributed by atoms with Gasteiger partial charge in [0, 0.05) is 12.0 Å². The van der Waals surface area contributed by atoms with Gasteiger partial charge in [-0.3, -0.25) is 4.79 Å². The van der Waals surface area contributed by atoms with E-state index in [0.29, 0.717) is 22.8 Å². The minimum absolute atomic E-state index is 0.00193. The molecule has 1 aromatic heterocycles. The molecule has 0 amide bonds. The van der Waals surface area contributed by atoms with Crippen LogP contribution in [-0.4, -0.2) is 18.3 Å². The van der Waals surface area contributed by atoms with Gasteiger partial charge in [0.05, 0.1) is 18.8 Å². The van der Waals surface area contributed by atoms with Gasteiger partial charge in [-0.2, -0.15) is 0 Å². The number of hydrogen-bond acceptors (Lipinski definition) is 4. The third-order valence-corrected chi connectivity index (χ3v) is 3.33. The Morgan fingerprint density at radius 2 is 1.89 bits per heavy atom. The van der Waals surface area contributed by atoms with Gasteiger partial charge in [-0.05, 0) is 33.6 Å². The minimum Gasteiger partial charge on any atom is -0.468 e. The molecule has 108 valence electrons. The fraction of sp³-hybridized carbons (Fsp3) is 0.667. The van der Waals surface area contributed by atoms with Crippen LogP contribution in [0.4, 0.5) is 0 Å². The molecule has 0 spiro atoms. The van der Waals surface area contributed by atoms with E-state index < -0.39 is 0 Å². The van der Waals surface area contributed by atoms with E-state index in [-0.39, 0.29) is 11.5 Å². The predicted octanol–water partition coefficient (Wildman–Crippen LogP) is 2.75. The fourth-order valence-corrected chi connectivity index (χ4v) is 2.10. The first-order valence-corrected chi connectivity index (χ1v) is 6.82. The van der Waals surface area contributed by atoms with E-state index in [1.807, 2.05) is 0 Å². The van der Waals surface area contributed by atoms with Crippen LogP contribution in [-0.2, 0) is 6.42 Å². The maximum absolute atomic E-state index is 12.0. The molecule has 1 heterocycles. The van der Waals surface area contributed by atoms with Crippen LogP contribution in [0.5, 0.6) is 5.95 Å². The highest BCUT2D eigenvalue weighted by Gasteiger charge is 2.13. The lowest BCUT2D eigenvalue weighted by molar-refractivity contribution is 0.180. The average molecular weight is 268 g/mol. The molecule has 1 N–H and O–H groups in total. The van der Waals surface area contributed by atoms with Crippen LogP contribution in [0.3, 0.4) is 0 Å². The molecule has 1 rings (SSSR count). The lowest BCUT2D eigenvalue weighted by Gasteiger charge is -2.09. The van der Waals surface area contributed by atoms with Crippen LogP contribution >= 0.6 is 0 Å². The van der Waals surface area contributed by atoms with Gasteiger partial charge in [0.1, 0.15) is 5.76 Å². The fourth-order valence-electron chi connectivity index (χ4n) is 2.10. The molecule has 4 heteroatoms. The molecular weight excluding hydrogens is 244 g/mol. The summed E-state index contributed by atoms with van der Waals surface area (Å²) < 4.78 is 10.7. The van der Waals surface area contributed by atoms with Crippen LogP contribution in [0.2, 0.25) is 0 Å². The summed E-state index contributed by atoms with van der Waals surface area (Å²) in [5, 5.41) is 9.17. The summed E-state index contributed by atoms with van der Waals surface area (Å²) in [7, 11) is 1.51. The van der Waals surface area contributed by atoms with E-state index in [1.165, 1.54) is 7.11 Å². The number of methoxy groups -OCH3 is 1. The largest absolute Gasteiger partial charge is 0.468 e. The molecule has 1 unspecified atom stereocenters. The van der Waals surface area contributed by atoms with Crippen molar-refractivity contribution in [3.8, 4) is 5.95 Å². The van der Waals surface area contributed by atoms with Crippen molar-refractivity contribution in [1.82, 2.24) is 0 Å². The SMILES string of the molecule is COc1oc(CCCCCC(C)O)c(C)c(=O)c1C. The second kappa shape index (κ2) is 7.34. The highest BCUT2D eigenvalue weighted by atomic mass is 16.6. The Bertz CT molecular complexity index is 460. The van der Waals surface area contributed by atoms with Crippen LogP contribution < -0.4 is 10.2 Å². The smallest absolute Gasteiger partial charge is 0.291 e. The van der Waals surface area contributed by atoms with E-state index in [9.17, 15) is 9.90 Å². The molecule has 0 aromatic carbocycles. The van der Waals surface area contributed by atoms with Crippen LogP contribution in [0.15, 0.2) is 9.21 Å². The summed E-state index contributed by atoms with van der Waals surface area (Å²) in [4.78, 5) is 12.0. The average Bonchev–Trinajstić information content (AvgIpc) is 2.37. The maximum atomic E-state index is 12.0. The molecule has 1 aromatic rings. The van der Waals surface area contributed by atoms with Crippen LogP contribution in [0.1, 0.15) is 49.5 Å². The van der Waals surface area contributed by atoms with Gasteiger partial charge in [-0.1, -0.05) is 12.8 Å². The monoisotopic (exact) mass is 268 g/mol. The Labute approximate surface area is 114 Å². The third-order valence-electron chi connectivity index (χ3n) is 3.33. The molecule has 19 heavy (non-hydrogen) atoms. The van der Waals surface area contributed by atoms with Crippen molar-refractivity contribution in [3.63, 3.8) is 0 Å². The van der Waals surface area contributed by atoms with Crippen molar-refractivity contribution in [2.24, 2.45) is 0 Å². The zero-order valence-electron chi connectivity index (χ0n) is 12.3. The molecule has 0 radical (unpaired) electrons. The second-order valence-electron chi connectivity index (χ2n) is 5.04. The summed E-state index contributed by atoms with van der Waals surface area (Å²) >= 11 is 0. The minimum atomic E-state index is -0.237. The summed E-state index contributed by atoms with van der Waals surface area (Å²) in [5.74, 6) is 1.03. The number of hydrogen-bond donors (Lipinski definition) is 1. The summed E-state index contributed by atoms with van der Waals surface area (Å²) in [6, 6.07) is 0. The number of unbranched alkanes of at least 4 members (excludes halogenated alkanes) is 2. The number of rotatable bonds is 7. The molecule has 0 saturated heterocycles. The molecule has 1 atom stereocenters. The van der Waals surface area contributed by atoms with E-state index in [0.717, 1.165) is 32.1 Å². The number of aryl methyl sites for hydroxylation is 1. The molecule has 4 nitrogen and oxygen atoms in total. The number of aliphatic hydroxyl groups is 1. The second-order valence-corrected chi connectivity index (χ2v) is 5.04. The first-order chi connectivity index (χ1) is 8.97. The normalized spacial score (nSPS) is 12.5. The molecule has 0 aliphatic heterocycles. The Hall–Kier alpha value is -1.29. The van der Waals surface area contributed by atoms with Gasteiger partial charge < -0.3 is 14.3 Å².